The number of rotatable bonds is 3. The average molecular weight is 263 g/mol. The van der Waals surface area contributed by atoms with Crippen molar-refractivity contribution in [2.75, 3.05) is 11.9 Å². The number of nitrogens with one attached hydrogen (secondary N) is 1. The lowest BCUT2D eigenvalue weighted by atomic mass is 9.85. The van der Waals surface area contributed by atoms with Crippen molar-refractivity contribution in [1.82, 2.24) is 0 Å². The molecule has 1 atom stereocenters. The van der Waals surface area contributed by atoms with Crippen LogP contribution in [0, 0.1) is 5.92 Å². The van der Waals surface area contributed by atoms with Gasteiger partial charge in [0, 0.05) is 0 Å². The number of para-hydroxylation sites is 2. The van der Waals surface area contributed by atoms with Crippen LogP contribution in [0.1, 0.15) is 20.8 Å². The molecule has 0 radical (unpaired) electrons. The number of fused-ring (bicyclic) bond motifs is 1. The van der Waals surface area contributed by atoms with Gasteiger partial charge in [-0.15, -0.1) is 0 Å². The predicted molar refractivity (Wildman–Crippen MR) is 69.9 cm³/mol. The minimum absolute atomic E-state index is 0.212. The molecular weight excluding hydrogens is 246 g/mol. The Labute approximate surface area is 111 Å². The van der Waals surface area contributed by atoms with Crippen LogP contribution in [0.2, 0.25) is 0 Å². The molecule has 0 saturated heterocycles. The molecule has 1 heterocycles. The van der Waals surface area contributed by atoms with Gasteiger partial charge in [-0.2, -0.15) is 0 Å². The van der Waals surface area contributed by atoms with E-state index in [4.69, 9.17) is 9.47 Å². The fraction of sp³-hybridized carbons (Fsp3) is 0.429. The summed E-state index contributed by atoms with van der Waals surface area (Å²) < 4.78 is 10.3. The average Bonchev–Trinajstić information content (AvgIpc) is 2.37. The van der Waals surface area contributed by atoms with Crippen LogP contribution in [-0.2, 0) is 14.3 Å². The second-order valence-corrected chi connectivity index (χ2v) is 4.69. The molecule has 5 heteroatoms. The van der Waals surface area contributed by atoms with Gasteiger partial charge in [0.15, 0.2) is 5.75 Å². The summed E-state index contributed by atoms with van der Waals surface area (Å²) in [5, 5.41) is 3.00. The topological polar surface area (TPSA) is 64.6 Å². The van der Waals surface area contributed by atoms with E-state index in [-0.39, 0.29) is 12.5 Å². The fourth-order valence-electron chi connectivity index (χ4n) is 2.10. The Balaban J connectivity index is 2.46. The molecule has 0 saturated carbocycles. The summed E-state index contributed by atoms with van der Waals surface area (Å²) in [6.07, 6.45) is 0. The van der Waals surface area contributed by atoms with Gasteiger partial charge < -0.3 is 14.8 Å². The molecule has 2 rings (SSSR count). The third kappa shape index (κ3) is 2.05. The van der Waals surface area contributed by atoms with Crippen LogP contribution in [0.3, 0.4) is 0 Å². The van der Waals surface area contributed by atoms with Crippen LogP contribution in [0.4, 0.5) is 5.69 Å². The highest BCUT2D eigenvalue weighted by atomic mass is 16.6. The summed E-state index contributed by atoms with van der Waals surface area (Å²) in [6.45, 7) is 5.47. The van der Waals surface area contributed by atoms with E-state index in [9.17, 15) is 9.59 Å². The van der Waals surface area contributed by atoms with Crippen molar-refractivity contribution in [2.45, 2.75) is 26.3 Å². The largest absolute Gasteiger partial charge is 0.464 e. The smallest absolute Gasteiger partial charge is 0.349 e. The van der Waals surface area contributed by atoms with E-state index in [1.165, 1.54) is 0 Å². The van der Waals surface area contributed by atoms with Crippen molar-refractivity contribution >= 4 is 17.6 Å². The summed E-state index contributed by atoms with van der Waals surface area (Å²) in [7, 11) is 0. The second kappa shape index (κ2) is 4.91. The highest BCUT2D eigenvalue weighted by Crippen LogP contribution is 2.37. The Hall–Kier alpha value is -2.04. The van der Waals surface area contributed by atoms with E-state index in [1.807, 2.05) is 0 Å². The summed E-state index contributed by atoms with van der Waals surface area (Å²) in [5.74, 6) is -1.11. The predicted octanol–water partition coefficient (Wildman–Crippen LogP) is 1.98. The Kier molecular flexibility index (Phi) is 3.46. The first-order valence-electron chi connectivity index (χ1n) is 6.29. The maximum Gasteiger partial charge on any atom is 0.349 e. The molecule has 0 spiro atoms. The van der Waals surface area contributed by atoms with Crippen molar-refractivity contribution < 1.29 is 19.1 Å². The fourth-order valence-corrected chi connectivity index (χ4v) is 2.10. The summed E-state index contributed by atoms with van der Waals surface area (Å²) in [6, 6.07) is 7.01. The number of anilines is 1. The monoisotopic (exact) mass is 263 g/mol. The molecule has 0 bridgehead atoms. The number of hydrogen-bond donors (Lipinski definition) is 1. The zero-order chi connectivity index (χ0) is 14.0. The molecule has 102 valence electrons. The quantitative estimate of drug-likeness (QED) is 0.513. The van der Waals surface area contributed by atoms with E-state index >= 15 is 0 Å². The first-order chi connectivity index (χ1) is 9.02. The van der Waals surface area contributed by atoms with Crippen LogP contribution in [0.25, 0.3) is 0 Å². The van der Waals surface area contributed by atoms with Crippen LogP contribution in [0.15, 0.2) is 24.3 Å². The van der Waals surface area contributed by atoms with Gasteiger partial charge in [-0.3, -0.25) is 0 Å². The molecule has 1 aromatic rings. The number of ether oxygens (including phenoxy) is 2. The van der Waals surface area contributed by atoms with Gasteiger partial charge in [0.2, 0.25) is 5.54 Å². The number of hydrogen-bond acceptors (Lipinski definition) is 5. The number of benzene rings is 1. The molecule has 0 fully saturated rings. The van der Waals surface area contributed by atoms with Gasteiger partial charge in [0.05, 0.1) is 12.3 Å². The third-order valence-electron chi connectivity index (χ3n) is 3.21. The number of carbonyl (C=O) groups excluding carboxylic acids is 2. The van der Waals surface area contributed by atoms with Crippen molar-refractivity contribution in [3.8, 4) is 5.75 Å². The zero-order valence-electron chi connectivity index (χ0n) is 11.2. The number of esters is 2. The van der Waals surface area contributed by atoms with Gasteiger partial charge in [-0.05, 0) is 25.0 Å². The minimum atomic E-state index is -1.48. The highest BCUT2D eigenvalue weighted by Gasteiger charge is 2.54. The van der Waals surface area contributed by atoms with E-state index in [0.29, 0.717) is 11.4 Å². The molecule has 0 amide bonds. The Morgan fingerprint density at radius 1 is 1.42 bits per heavy atom. The van der Waals surface area contributed by atoms with Crippen molar-refractivity contribution in [1.29, 1.82) is 0 Å². The van der Waals surface area contributed by atoms with Gasteiger partial charge in [-0.1, -0.05) is 26.0 Å². The SMILES string of the molecule is CCOC(=O)C1(C(C)C)Nc2ccccc2OC1=O. The summed E-state index contributed by atoms with van der Waals surface area (Å²) >= 11 is 0. The van der Waals surface area contributed by atoms with Crippen molar-refractivity contribution in [3.63, 3.8) is 0 Å². The molecule has 1 unspecified atom stereocenters. The summed E-state index contributed by atoms with van der Waals surface area (Å²) in [5.41, 5.74) is -0.867. The van der Waals surface area contributed by atoms with E-state index in [0.717, 1.165) is 0 Å². The number of carbonyl (C=O) groups is 2. The van der Waals surface area contributed by atoms with Crippen LogP contribution in [0.5, 0.6) is 5.75 Å². The normalized spacial score (nSPS) is 21.4. The molecule has 0 aromatic heterocycles. The Morgan fingerprint density at radius 3 is 2.74 bits per heavy atom. The highest BCUT2D eigenvalue weighted by molar-refractivity contribution is 6.10. The molecule has 1 aliphatic heterocycles. The van der Waals surface area contributed by atoms with Gasteiger partial charge >= 0.3 is 11.9 Å². The first-order valence-corrected chi connectivity index (χ1v) is 6.29. The Bertz CT molecular complexity index is 512. The maximum atomic E-state index is 12.3. The van der Waals surface area contributed by atoms with E-state index < -0.39 is 17.5 Å². The molecular formula is C14H17NO4. The van der Waals surface area contributed by atoms with Crippen molar-refractivity contribution in [3.05, 3.63) is 24.3 Å². The van der Waals surface area contributed by atoms with E-state index in [1.54, 1.807) is 45.0 Å². The zero-order valence-corrected chi connectivity index (χ0v) is 11.2. The lowest BCUT2D eigenvalue weighted by molar-refractivity contribution is -0.160. The van der Waals surface area contributed by atoms with Crippen LogP contribution in [-0.4, -0.2) is 24.1 Å². The molecule has 5 nitrogen and oxygen atoms in total. The molecule has 1 aliphatic rings. The molecule has 1 aromatic carbocycles. The van der Waals surface area contributed by atoms with Gasteiger partial charge in [-0.25, -0.2) is 9.59 Å². The molecule has 0 aliphatic carbocycles. The standard InChI is InChI=1S/C14H17NO4/c1-4-18-12(16)14(9(2)3)13(17)19-11-8-6-5-7-10(11)15-14/h5-9,15H,4H2,1-3H3. The van der Waals surface area contributed by atoms with Crippen LogP contribution < -0.4 is 10.1 Å². The van der Waals surface area contributed by atoms with E-state index in [2.05, 4.69) is 5.32 Å². The first kappa shape index (κ1) is 13.4. The lowest BCUT2D eigenvalue weighted by Gasteiger charge is -2.37. The molecule has 1 N–H and O–H groups in total. The van der Waals surface area contributed by atoms with Crippen molar-refractivity contribution in [2.24, 2.45) is 5.92 Å². The maximum absolute atomic E-state index is 12.3. The van der Waals surface area contributed by atoms with Gasteiger partial charge in [0.1, 0.15) is 0 Å². The Morgan fingerprint density at radius 2 is 2.11 bits per heavy atom. The minimum Gasteiger partial charge on any atom is -0.464 e. The van der Waals surface area contributed by atoms with Gasteiger partial charge in [0.25, 0.3) is 0 Å². The summed E-state index contributed by atoms with van der Waals surface area (Å²) in [4.78, 5) is 24.4. The third-order valence-corrected chi connectivity index (χ3v) is 3.21. The lowest BCUT2D eigenvalue weighted by Crippen LogP contribution is -2.61. The van der Waals surface area contributed by atoms with Crippen LogP contribution >= 0.6 is 0 Å². The molecule has 19 heavy (non-hydrogen) atoms. The second-order valence-electron chi connectivity index (χ2n) is 4.69.